The summed E-state index contributed by atoms with van der Waals surface area (Å²) in [4.78, 5) is 12.3. The second-order valence-corrected chi connectivity index (χ2v) is 21.0. The molecule has 4 heteroatoms. The molecule has 0 rings (SSSR count). The summed E-state index contributed by atoms with van der Waals surface area (Å²) in [6, 6.07) is 0. The Kier molecular flexibility index (Phi) is 17.4. The Balaban J connectivity index is 5.27. The Morgan fingerprint density at radius 2 is 1.31 bits per heavy atom. The van der Waals surface area contributed by atoms with Gasteiger partial charge in [0.15, 0.2) is 0 Å². The van der Waals surface area contributed by atoms with Crippen LogP contribution in [-0.4, -0.2) is 35.5 Å². The molecule has 26 heavy (non-hydrogen) atoms. The van der Waals surface area contributed by atoms with Gasteiger partial charge in [-0.15, -0.1) is 0 Å². The Hall–Kier alpha value is 0.909. The summed E-state index contributed by atoms with van der Waals surface area (Å²) in [6.07, 6.45) is 13.2. The van der Waals surface area contributed by atoms with Crippen molar-refractivity contribution in [1.29, 1.82) is 0 Å². The molecule has 0 aliphatic heterocycles. The van der Waals surface area contributed by atoms with Crippen molar-refractivity contribution in [3.8, 4) is 0 Å². The van der Waals surface area contributed by atoms with Crippen LogP contribution in [0.3, 0.4) is 0 Å². The number of ketones is 1. The fourth-order valence-corrected chi connectivity index (χ4v) is 19.1. The Labute approximate surface area is 177 Å². The quantitative estimate of drug-likeness (QED) is 0.100. The van der Waals surface area contributed by atoms with E-state index in [1.165, 1.54) is 71.1 Å². The van der Waals surface area contributed by atoms with Gasteiger partial charge in [0.2, 0.25) is 0 Å². The van der Waals surface area contributed by atoms with E-state index in [2.05, 4.69) is 43.6 Å². The third-order valence-corrected chi connectivity index (χ3v) is 19.5. The number of Topliss-reactive ketones (excluding diaryl/α,β-unsaturated/α-hetero) is 1. The SMILES string of the molecule is CCCCC[C@H](Br)[C@@H](CC(C)=O)[O][Sn]([CH2]CCC)([CH2]CCC)[CH2]CCC. The molecule has 0 saturated carbocycles. The van der Waals surface area contributed by atoms with E-state index in [0.717, 1.165) is 6.42 Å². The maximum atomic E-state index is 11.9. The van der Waals surface area contributed by atoms with Crippen LogP contribution in [-0.2, 0) is 7.87 Å². The first kappa shape index (κ1) is 26.9. The van der Waals surface area contributed by atoms with Crippen LogP contribution in [0.2, 0.25) is 13.3 Å². The summed E-state index contributed by atoms with van der Waals surface area (Å²) in [5.74, 6) is 0.275. The van der Waals surface area contributed by atoms with Crippen LogP contribution < -0.4 is 0 Å². The van der Waals surface area contributed by atoms with Crippen molar-refractivity contribution >= 4 is 40.5 Å². The van der Waals surface area contributed by atoms with Gasteiger partial charge >= 0.3 is 178 Å². The summed E-state index contributed by atoms with van der Waals surface area (Å²) < 4.78 is 11.1. The maximum absolute atomic E-state index is 11.9. The number of carbonyl (C=O) groups is 1. The van der Waals surface area contributed by atoms with Gasteiger partial charge < -0.3 is 0 Å². The molecular formula is C22H45BrO2Sn. The van der Waals surface area contributed by atoms with Crippen molar-refractivity contribution in [3.05, 3.63) is 0 Å². The monoisotopic (exact) mass is 540 g/mol. The molecule has 0 aromatic carbocycles. The normalized spacial score (nSPS) is 14.4. The molecule has 2 nitrogen and oxygen atoms in total. The second-order valence-electron chi connectivity index (χ2n) is 8.07. The summed E-state index contributed by atoms with van der Waals surface area (Å²) in [7, 11) is 0. The molecule has 0 aliphatic carbocycles. The zero-order valence-electron chi connectivity index (χ0n) is 18.2. The van der Waals surface area contributed by atoms with Gasteiger partial charge in [0.25, 0.3) is 0 Å². The number of halogens is 1. The molecule has 0 spiro atoms. The van der Waals surface area contributed by atoms with Crippen LogP contribution in [0.25, 0.3) is 0 Å². The van der Waals surface area contributed by atoms with Gasteiger partial charge in [0.1, 0.15) is 0 Å². The van der Waals surface area contributed by atoms with Crippen LogP contribution in [0.1, 0.15) is 105 Å². The standard InChI is InChI=1S/C10H18BrO2.3C4H9.Sn/c1-3-4-5-6-9(11)10(13)7-8(2)12;3*1-3-4-2;/h9-10H,3-7H2,1-2H3;3*1,3-4H2,2H3;/q-1;;;;+1/t9-,10+;;;;/m0..../s1. The summed E-state index contributed by atoms with van der Waals surface area (Å²) in [5.41, 5.74) is 0. The van der Waals surface area contributed by atoms with Crippen LogP contribution in [0.4, 0.5) is 0 Å². The molecule has 156 valence electrons. The van der Waals surface area contributed by atoms with Crippen LogP contribution in [0.15, 0.2) is 0 Å². The molecule has 0 aromatic heterocycles. The average Bonchev–Trinajstić information content (AvgIpc) is 2.62. The number of hydrogen-bond acceptors (Lipinski definition) is 2. The number of carbonyl (C=O) groups excluding carboxylic acids is 1. The zero-order valence-corrected chi connectivity index (χ0v) is 22.7. The molecule has 0 saturated heterocycles. The number of rotatable bonds is 18. The van der Waals surface area contributed by atoms with E-state index in [9.17, 15) is 4.79 Å². The minimum absolute atomic E-state index is 0.103. The van der Waals surface area contributed by atoms with Crippen LogP contribution in [0.5, 0.6) is 0 Å². The van der Waals surface area contributed by atoms with Gasteiger partial charge in [-0.3, -0.25) is 0 Å². The molecule has 0 unspecified atom stereocenters. The molecule has 0 heterocycles. The van der Waals surface area contributed by atoms with Crippen LogP contribution >= 0.6 is 15.9 Å². The van der Waals surface area contributed by atoms with Gasteiger partial charge in [-0.05, 0) is 0 Å². The Morgan fingerprint density at radius 1 is 0.846 bits per heavy atom. The van der Waals surface area contributed by atoms with Crippen molar-refractivity contribution in [3.63, 3.8) is 0 Å². The Morgan fingerprint density at radius 3 is 1.69 bits per heavy atom. The third kappa shape index (κ3) is 12.4. The molecule has 0 amide bonds. The van der Waals surface area contributed by atoms with Gasteiger partial charge in [0.05, 0.1) is 0 Å². The first-order chi connectivity index (χ1) is 12.4. The van der Waals surface area contributed by atoms with E-state index >= 15 is 0 Å². The topological polar surface area (TPSA) is 26.3 Å². The minimum atomic E-state index is -2.67. The van der Waals surface area contributed by atoms with Crippen molar-refractivity contribution in [2.75, 3.05) is 0 Å². The first-order valence-electron chi connectivity index (χ1n) is 11.3. The van der Waals surface area contributed by atoms with Crippen molar-refractivity contribution in [1.82, 2.24) is 0 Å². The van der Waals surface area contributed by atoms with E-state index < -0.39 is 18.8 Å². The molecule has 0 N–H and O–H groups in total. The van der Waals surface area contributed by atoms with E-state index in [1.807, 2.05) is 0 Å². The van der Waals surface area contributed by atoms with E-state index in [0.29, 0.717) is 11.2 Å². The zero-order chi connectivity index (χ0) is 19.8. The molecular weight excluding hydrogens is 495 g/mol. The fraction of sp³-hybridized carbons (Fsp3) is 0.955. The average molecular weight is 540 g/mol. The third-order valence-electron chi connectivity index (χ3n) is 5.33. The van der Waals surface area contributed by atoms with E-state index in [-0.39, 0.29) is 11.9 Å². The molecule has 0 aliphatic rings. The van der Waals surface area contributed by atoms with Gasteiger partial charge in [-0.1, -0.05) is 0 Å². The fourth-order valence-electron chi connectivity index (χ4n) is 3.67. The second kappa shape index (κ2) is 16.8. The summed E-state index contributed by atoms with van der Waals surface area (Å²) in [5, 5.41) is 0. The van der Waals surface area contributed by atoms with Crippen molar-refractivity contribution in [2.45, 2.75) is 129 Å². The van der Waals surface area contributed by atoms with Gasteiger partial charge in [-0.25, -0.2) is 0 Å². The van der Waals surface area contributed by atoms with Gasteiger partial charge in [0, 0.05) is 0 Å². The predicted molar refractivity (Wildman–Crippen MR) is 122 cm³/mol. The van der Waals surface area contributed by atoms with Crippen molar-refractivity contribution in [2.24, 2.45) is 0 Å². The molecule has 2 atom stereocenters. The van der Waals surface area contributed by atoms with E-state index in [4.69, 9.17) is 3.07 Å². The van der Waals surface area contributed by atoms with Gasteiger partial charge in [-0.2, -0.15) is 0 Å². The first-order valence-corrected chi connectivity index (χ1v) is 19.4. The predicted octanol–water partition coefficient (Wildman–Crippen LogP) is 8.04. The number of alkyl halides is 1. The molecule has 0 fully saturated rings. The summed E-state index contributed by atoms with van der Waals surface area (Å²) >= 11 is 1.25. The van der Waals surface area contributed by atoms with Crippen LogP contribution in [0, 0.1) is 0 Å². The Bertz CT molecular complexity index is 327. The summed E-state index contributed by atoms with van der Waals surface area (Å²) in [6.45, 7) is 10.8. The van der Waals surface area contributed by atoms with Crippen molar-refractivity contribution < 1.29 is 7.87 Å². The van der Waals surface area contributed by atoms with E-state index in [1.54, 1.807) is 6.92 Å². The number of hydrogen-bond donors (Lipinski definition) is 0. The molecule has 0 radical (unpaired) electrons. The molecule has 0 aromatic rings. The number of unbranched alkanes of at least 4 members (excludes halogenated alkanes) is 5. The molecule has 0 bridgehead atoms.